The van der Waals surface area contributed by atoms with Gasteiger partial charge >= 0.3 is 6.18 Å². The molecule has 1 aromatic heterocycles. The van der Waals surface area contributed by atoms with Crippen molar-refractivity contribution in [3.63, 3.8) is 0 Å². The lowest BCUT2D eigenvalue weighted by molar-refractivity contribution is -0.107. The van der Waals surface area contributed by atoms with Crippen LogP contribution >= 0.6 is 0 Å². The second kappa shape index (κ2) is 9.56. The van der Waals surface area contributed by atoms with Crippen LogP contribution in [-0.4, -0.2) is 47.2 Å². The largest absolute Gasteiger partial charge is 0.404 e. The van der Waals surface area contributed by atoms with Crippen LogP contribution in [-0.2, 0) is 29.5 Å². The Morgan fingerprint density at radius 3 is 2.48 bits per heavy atom. The molecule has 4 rings (SSSR count). The van der Waals surface area contributed by atoms with E-state index in [0.29, 0.717) is 24.9 Å². The lowest BCUT2D eigenvalue weighted by atomic mass is 10.0. The zero-order valence-electron chi connectivity index (χ0n) is 17.9. The fourth-order valence-corrected chi connectivity index (χ4v) is 5.54. The van der Waals surface area contributed by atoms with Gasteiger partial charge in [0, 0.05) is 31.0 Å². The monoisotopic (exact) mass is 478 g/mol. The molecule has 0 bridgehead atoms. The van der Waals surface area contributed by atoms with Crippen molar-refractivity contribution in [1.82, 2.24) is 14.3 Å². The molecule has 33 heavy (non-hydrogen) atoms. The van der Waals surface area contributed by atoms with Gasteiger partial charge in [0.2, 0.25) is 10.0 Å². The van der Waals surface area contributed by atoms with E-state index in [-0.39, 0.29) is 19.1 Å². The minimum absolute atomic E-state index is 0.0337. The highest BCUT2D eigenvalue weighted by molar-refractivity contribution is 7.89. The molecule has 1 aliphatic rings. The van der Waals surface area contributed by atoms with Crippen LogP contribution in [0.4, 0.5) is 18.9 Å². The van der Waals surface area contributed by atoms with Crippen LogP contribution in [0.5, 0.6) is 0 Å². The summed E-state index contributed by atoms with van der Waals surface area (Å²) in [6.07, 6.45) is -0.303. The average Bonchev–Trinajstić information content (AvgIpc) is 3.21. The van der Waals surface area contributed by atoms with E-state index >= 15 is 0 Å². The Hall–Kier alpha value is -2.85. The second-order valence-electron chi connectivity index (χ2n) is 8.18. The SMILES string of the molecule is O=S(=O)(CC(F)(F)F)N1Cc2ccccc2N(Cc2cnc[nH]2)[C@H](CCc2ccccc2)C1. The summed E-state index contributed by atoms with van der Waals surface area (Å²) in [5.41, 5.74) is 3.40. The molecule has 10 heteroatoms. The van der Waals surface area contributed by atoms with E-state index < -0.39 is 22.0 Å². The molecule has 0 amide bonds. The lowest BCUT2D eigenvalue weighted by Gasteiger charge is -2.34. The molecular weight excluding hydrogens is 453 g/mol. The first kappa shape index (κ1) is 23.3. The first-order chi connectivity index (χ1) is 15.7. The number of benzene rings is 2. The Balaban J connectivity index is 1.70. The van der Waals surface area contributed by atoms with Crippen LogP contribution in [0.25, 0.3) is 0 Å². The standard InChI is InChI=1S/C23H25F3N4O2S/c24-23(25,26)16-33(31,32)29-13-19-8-4-5-9-22(19)30(14-20-12-27-17-28-20)21(15-29)11-10-18-6-2-1-3-7-18/h1-9,12,17,21H,10-11,13-16H2,(H,27,28)/t21-/m1/s1. The third-order valence-electron chi connectivity index (χ3n) is 5.75. The summed E-state index contributed by atoms with van der Waals surface area (Å²) in [7, 11) is -4.55. The maximum Gasteiger partial charge on any atom is 0.404 e. The van der Waals surface area contributed by atoms with Crippen LogP contribution in [0.15, 0.2) is 67.1 Å². The van der Waals surface area contributed by atoms with Gasteiger partial charge in [-0.05, 0) is 30.0 Å². The first-order valence-electron chi connectivity index (χ1n) is 10.6. The van der Waals surface area contributed by atoms with Crippen molar-refractivity contribution in [3.8, 4) is 0 Å². The van der Waals surface area contributed by atoms with Gasteiger partial charge in [-0.25, -0.2) is 13.4 Å². The van der Waals surface area contributed by atoms with Crippen molar-refractivity contribution in [1.29, 1.82) is 0 Å². The summed E-state index contributed by atoms with van der Waals surface area (Å²) in [6.45, 7) is 0.299. The van der Waals surface area contributed by atoms with Crippen LogP contribution in [0.1, 0.15) is 23.2 Å². The number of hydrogen-bond acceptors (Lipinski definition) is 4. The van der Waals surface area contributed by atoms with E-state index in [1.54, 1.807) is 24.7 Å². The van der Waals surface area contributed by atoms with E-state index in [1.807, 2.05) is 42.5 Å². The van der Waals surface area contributed by atoms with E-state index in [9.17, 15) is 21.6 Å². The molecule has 0 unspecified atom stereocenters. The molecule has 3 aromatic rings. The van der Waals surface area contributed by atoms with Crippen molar-refractivity contribution in [3.05, 3.63) is 83.9 Å². The van der Waals surface area contributed by atoms with Crippen molar-refractivity contribution in [2.45, 2.75) is 38.1 Å². The molecule has 176 valence electrons. The Morgan fingerprint density at radius 1 is 1.06 bits per heavy atom. The summed E-state index contributed by atoms with van der Waals surface area (Å²) in [6, 6.07) is 16.7. The molecule has 2 aromatic carbocycles. The minimum Gasteiger partial charge on any atom is -0.361 e. The van der Waals surface area contributed by atoms with Gasteiger partial charge in [-0.2, -0.15) is 17.5 Å². The number of nitrogens with zero attached hydrogens (tertiary/aromatic N) is 3. The smallest absolute Gasteiger partial charge is 0.361 e. The molecule has 0 saturated carbocycles. The minimum atomic E-state index is -4.81. The number of anilines is 1. The van der Waals surface area contributed by atoms with Gasteiger partial charge < -0.3 is 9.88 Å². The number of fused-ring (bicyclic) bond motifs is 1. The van der Waals surface area contributed by atoms with Crippen LogP contribution in [0.3, 0.4) is 0 Å². The van der Waals surface area contributed by atoms with Gasteiger partial charge in [-0.15, -0.1) is 0 Å². The molecular formula is C23H25F3N4O2S. The molecule has 2 heterocycles. The van der Waals surface area contributed by atoms with Crippen molar-refractivity contribution in [2.75, 3.05) is 17.2 Å². The predicted molar refractivity (Wildman–Crippen MR) is 120 cm³/mol. The maximum atomic E-state index is 13.1. The van der Waals surface area contributed by atoms with Crippen LogP contribution < -0.4 is 4.90 Å². The third kappa shape index (κ3) is 5.94. The molecule has 6 nitrogen and oxygen atoms in total. The zero-order valence-corrected chi connectivity index (χ0v) is 18.7. The normalized spacial score (nSPS) is 17.5. The molecule has 1 aliphatic heterocycles. The van der Waals surface area contributed by atoms with Crippen molar-refractivity contribution < 1.29 is 21.6 Å². The summed E-state index contributed by atoms with van der Waals surface area (Å²) >= 11 is 0. The second-order valence-corrected chi connectivity index (χ2v) is 10.1. The number of H-pyrrole nitrogens is 1. The number of sulfonamides is 1. The third-order valence-corrected chi connectivity index (χ3v) is 7.50. The number of imidazole rings is 1. The van der Waals surface area contributed by atoms with Gasteiger partial charge in [0.15, 0.2) is 5.75 Å². The number of hydrogen-bond donors (Lipinski definition) is 1. The van der Waals surface area contributed by atoms with Crippen molar-refractivity contribution in [2.24, 2.45) is 0 Å². The highest BCUT2D eigenvalue weighted by atomic mass is 32.2. The van der Waals surface area contributed by atoms with Gasteiger partial charge in [0.05, 0.1) is 18.6 Å². The molecule has 0 fully saturated rings. The van der Waals surface area contributed by atoms with E-state index in [2.05, 4.69) is 14.9 Å². The number of alkyl halides is 3. The fraction of sp³-hybridized carbons (Fsp3) is 0.348. The molecule has 1 atom stereocenters. The van der Waals surface area contributed by atoms with E-state index in [4.69, 9.17) is 0 Å². The first-order valence-corrected chi connectivity index (χ1v) is 12.2. The molecule has 0 spiro atoms. The Labute approximate surface area is 191 Å². The number of rotatable bonds is 7. The number of aryl methyl sites for hydroxylation is 1. The Bertz CT molecular complexity index is 1150. The van der Waals surface area contributed by atoms with Gasteiger partial charge in [0.1, 0.15) is 0 Å². The quantitative estimate of drug-likeness (QED) is 0.555. The molecule has 0 aliphatic carbocycles. The van der Waals surface area contributed by atoms with E-state index in [0.717, 1.165) is 21.2 Å². The van der Waals surface area contributed by atoms with Gasteiger partial charge in [-0.1, -0.05) is 48.5 Å². The highest BCUT2D eigenvalue weighted by Crippen LogP contribution is 2.33. The summed E-state index contributed by atoms with van der Waals surface area (Å²) in [5, 5.41) is 0. The number of para-hydroxylation sites is 1. The van der Waals surface area contributed by atoms with Crippen LogP contribution in [0, 0.1) is 0 Å². The lowest BCUT2D eigenvalue weighted by Crippen LogP contribution is -2.45. The van der Waals surface area contributed by atoms with Crippen LogP contribution in [0.2, 0.25) is 0 Å². The Morgan fingerprint density at radius 2 is 1.79 bits per heavy atom. The number of nitrogens with one attached hydrogen (secondary N) is 1. The number of aromatic nitrogens is 2. The van der Waals surface area contributed by atoms with Gasteiger partial charge in [-0.3, -0.25) is 0 Å². The van der Waals surface area contributed by atoms with Gasteiger partial charge in [0.25, 0.3) is 0 Å². The fourth-order valence-electron chi connectivity index (χ4n) is 4.21. The van der Waals surface area contributed by atoms with Crippen molar-refractivity contribution >= 4 is 15.7 Å². The van der Waals surface area contributed by atoms with E-state index in [1.165, 1.54) is 0 Å². The summed E-state index contributed by atoms with van der Waals surface area (Å²) < 4.78 is 65.8. The maximum absolute atomic E-state index is 13.1. The molecule has 0 saturated heterocycles. The molecule has 0 radical (unpaired) electrons. The topological polar surface area (TPSA) is 69.3 Å². The summed E-state index contributed by atoms with van der Waals surface area (Å²) in [5.74, 6) is -1.87. The number of aromatic amines is 1. The average molecular weight is 479 g/mol. The molecule has 1 N–H and O–H groups in total. The number of halogens is 3. The predicted octanol–water partition coefficient (Wildman–Crippen LogP) is 4.13. The zero-order chi connectivity index (χ0) is 23.5. The highest BCUT2D eigenvalue weighted by Gasteiger charge is 2.41. The summed E-state index contributed by atoms with van der Waals surface area (Å²) in [4.78, 5) is 9.21. The Kier molecular flexibility index (Phi) is 6.76.